The molecule has 0 aliphatic heterocycles. The van der Waals surface area contributed by atoms with Crippen molar-refractivity contribution in [1.29, 1.82) is 0 Å². The zero-order valence-corrected chi connectivity index (χ0v) is 12.9. The molecule has 0 unspecified atom stereocenters. The predicted octanol–water partition coefficient (Wildman–Crippen LogP) is 5.55. The van der Waals surface area contributed by atoms with E-state index in [-0.39, 0.29) is 5.88 Å². The van der Waals surface area contributed by atoms with Crippen molar-refractivity contribution in [3.63, 3.8) is 0 Å². The molecule has 0 atom stereocenters. The summed E-state index contributed by atoms with van der Waals surface area (Å²) in [5.41, 5.74) is 8.46. The van der Waals surface area contributed by atoms with Gasteiger partial charge in [-0.2, -0.15) is 0 Å². The first kappa shape index (κ1) is 14.3. The van der Waals surface area contributed by atoms with Crippen molar-refractivity contribution < 1.29 is 4.52 Å². The molecule has 0 fully saturated rings. The monoisotopic (exact) mass is 338 g/mol. The summed E-state index contributed by atoms with van der Waals surface area (Å²) in [5, 5.41) is 5.60. The Hall–Kier alpha value is -1.68. The van der Waals surface area contributed by atoms with Crippen LogP contribution in [0.2, 0.25) is 15.1 Å². The van der Waals surface area contributed by atoms with E-state index in [2.05, 4.69) is 5.16 Å². The summed E-state index contributed by atoms with van der Waals surface area (Å²) >= 11 is 18.4. The van der Waals surface area contributed by atoms with Gasteiger partial charge in [-0.25, -0.2) is 0 Å². The van der Waals surface area contributed by atoms with Gasteiger partial charge in [0, 0.05) is 16.1 Å². The van der Waals surface area contributed by atoms with Crippen LogP contribution in [0.15, 0.2) is 47.0 Å². The van der Waals surface area contributed by atoms with Crippen LogP contribution in [-0.2, 0) is 0 Å². The third kappa shape index (κ3) is 2.60. The van der Waals surface area contributed by atoms with E-state index in [9.17, 15) is 0 Å². The molecule has 1 aromatic heterocycles. The molecule has 6 heteroatoms. The number of hydrogen-bond donors (Lipinski definition) is 1. The number of halogens is 3. The molecule has 21 heavy (non-hydrogen) atoms. The van der Waals surface area contributed by atoms with E-state index in [1.807, 2.05) is 12.1 Å². The van der Waals surface area contributed by atoms with E-state index in [4.69, 9.17) is 45.1 Å². The van der Waals surface area contributed by atoms with Crippen LogP contribution >= 0.6 is 34.8 Å². The van der Waals surface area contributed by atoms with Gasteiger partial charge in [-0.1, -0.05) is 58.2 Å². The van der Waals surface area contributed by atoms with Crippen LogP contribution in [0, 0.1) is 0 Å². The molecule has 0 amide bonds. The highest BCUT2D eigenvalue weighted by Crippen LogP contribution is 2.43. The van der Waals surface area contributed by atoms with Gasteiger partial charge in [0.1, 0.15) is 5.69 Å². The molecule has 106 valence electrons. The minimum absolute atomic E-state index is 0.162. The van der Waals surface area contributed by atoms with E-state index >= 15 is 0 Å². The Morgan fingerprint density at radius 1 is 0.857 bits per heavy atom. The highest BCUT2D eigenvalue weighted by Gasteiger charge is 2.21. The second-order valence-electron chi connectivity index (χ2n) is 4.37. The van der Waals surface area contributed by atoms with E-state index in [1.54, 1.807) is 30.3 Å². The molecule has 0 aliphatic carbocycles. The SMILES string of the molecule is Nc1onc(-c2ccc(Cl)cc2)c1-c1c(Cl)cccc1Cl. The Kier molecular flexibility index (Phi) is 3.81. The van der Waals surface area contributed by atoms with Crippen molar-refractivity contribution in [3.05, 3.63) is 57.5 Å². The van der Waals surface area contributed by atoms with Gasteiger partial charge in [0.05, 0.1) is 15.6 Å². The lowest BCUT2D eigenvalue weighted by molar-refractivity contribution is 0.439. The number of rotatable bonds is 2. The van der Waals surface area contributed by atoms with Gasteiger partial charge in [0.25, 0.3) is 0 Å². The van der Waals surface area contributed by atoms with Gasteiger partial charge in [-0.15, -0.1) is 0 Å². The van der Waals surface area contributed by atoms with Crippen LogP contribution in [0.5, 0.6) is 0 Å². The second-order valence-corrected chi connectivity index (χ2v) is 5.62. The summed E-state index contributed by atoms with van der Waals surface area (Å²) in [7, 11) is 0. The van der Waals surface area contributed by atoms with Crippen LogP contribution < -0.4 is 5.73 Å². The molecule has 0 bridgehead atoms. The highest BCUT2D eigenvalue weighted by molar-refractivity contribution is 6.39. The predicted molar refractivity (Wildman–Crippen MR) is 86.8 cm³/mol. The Balaban J connectivity index is 2.25. The number of nitrogens with zero attached hydrogens (tertiary/aromatic N) is 1. The smallest absolute Gasteiger partial charge is 0.230 e. The molecule has 0 aliphatic rings. The van der Waals surface area contributed by atoms with Crippen molar-refractivity contribution in [2.75, 3.05) is 5.73 Å². The Morgan fingerprint density at radius 3 is 2.10 bits per heavy atom. The lowest BCUT2D eigenvalue weighted by atomic mass is 10.0. The minimum Gasteiger partial charge on any atom is -0.367 e. The zero-order chi connectivity index (χ0) is 15.0. The fourth-order valence-electron chi connectivity index (χ4n) is 2.09. The van der Waals surface area contributed by atoms with Gasteiger partial charge in [0.2, 0.25) is 5.88 Å². The number of benzene rings is 2. The lowest BCUT2D eigenvalue weighted by Gasteiger charge is -2.07. The maximum absolute atomic E-state index is 6.25. The molecular formula is C15H9Cl3N2O. The summed E-state index contributed by atoms with van der Waals surface area (Å²) in [4.78, 5) is 0. The summed E-state index contributed by atoms with van der Waals surface area (Å²) in [6.07, 6.45) is 0. The summed E-state index contributed by atoms with van der Waals surface area (Å²) in [5.74, 6) is 0.162. The van der Waals surface area contributed by atoms with Gasteiger partial charge in [-0.3, -0.25) is 0 Å². The maximum Gasteiger partial charge on any atom is 0.230 e. The van der Waals surface area contributed by atoms with Crippen molar-refractivity contribution in [2.45, 2.75) is 0 Å². The van der Waals surface area contributed by atoms with E-state index in [1.165, 1.54) is 0 Å². The molecule has 3 nitrogen and oxygen atoms in total. The molecule has 2 aromatic carbocycles. The van der Waals surface area contributed by atoms with Crippen molar-refractivity contribution in [1.82, 2.24) is 5.16 Å². The third-order valence-electron chi connectivity index (χ3n) is 3.05. The first-order chi connectivity index (χ1) is 10.1. The average Bonchev–Trinajstić information content (AvgIpc) is 2.82. The topological polar surface area (TPSA) is 52.0 Å². The molecule has 3 rings (SSSR count). The van der Waals surface area contributed by atoms with Crippen molar-refractivity contribution >= 4 is 40.7 Å². The number of hydrogen-bond acceptors (Lipinski definition) is 3. The Labute approximate surface area is 136 Å². The van der Waals surface area contributed by atoms with Crippen LogP contribution in [-0.4, -0.2) is 5.16 Å². The number of anilines is 1. The molecule has 0 radical (unpaired) electrons. The van der Waals surface area contributed by atoms with E-state index < -0.39 is 0 Å². The molecule has 3 aromatic rings. The fraction of sp³-hybridized carbons (Fsp3) is 0. The third-order valence-corrected chi connectivity index (χ3v) is 3.93. The summed E-state index contributed by atoms with van der Waals surface area (Å²) in [6.45, 7) is 0. The largest absolute Gasteiger partial charge is 0.367 e. The second kappa shape index (κ2) is 5.60. The summed E-state index contributed by atoms with van der Waals surface area (Å²) < 4.78 is 5.12. The quantitative estimate of drug-likeness (QED) is 0.666. The van der Waals surface area contributed by atoms with Crippen molar-refractivity contribution in [2.24, 2.45) is 0 Å². The molecule has 2 N–H and O–H groups in total. The molecule has 0 saturated carbocycles. The van der Waals surface area contributed by atoms with Crippen LogP contribution in [0.1, 0.15) is 0 Å². The van der Waals surface area contributed by atoms with Crippen LogP contribution in [0.25, 0.3) is 22.4 Å². The minimum atomic E-state index is 0.162. The van der Waals surface area contributed by atoms with Gasteiger partial charge in [0.15, 0.2) is 0 Å². The average molecular weight is 340 g/mol. The first-order valence-corrected chi connectivity index (χ1v) is 7.17. The van der Waals surface area contributed by atoms with Gasteiger partial charge >= 0.3 is 0 Å². The van der Waals surface area contributed by atoms with Crippen LogP contribution in [0.3, 0.4) is 0 Å². The number of nitrogen functional groups attached to an aromatic ring is 1. The molecule has 0 spiro atoms. The Bertz CT molecular complexity index is 777. The standard InChI is InChI=1S/C15H9Cl3N2O/c16-9-6-4-8(5-7-9)14-13(15(19)21-20-14)12-10(17)2-1-3-11(12)18/h1-7H,19H2. The Morgan fingerprint density at radius 2 is 1.48 bits per heavy atom. The number of nitrogens with two attached hydrogens (primary N) is 1. The first-order valence-electron chi connectivity index (χ1n) is 6.03. The van der Waals surface area contributed by atoms with Gasteiger partial charge < -0.3 is 10.3 Å². The number of aromatic nitrogens is 1. The van der Waals surface area contributed by atoms with Crippen molar-refractivity contribution in [3.8, 4) is 22.4 Å². The van der Waals surface area contributed by atoms with Gasteiger partial charge in [-0.05, 0) is 24.3 Å². The van der Waals surface area contributed by atoms with E-state index in [0.29, 0.717) is 31.9 Å². The fourth-order valence-corrected chi connectivity index (χ4v) is 2.80. The molecule has 1 heterocycles. The normalized spacial score (nSPS) is 10.8. The van der Waals surface area contributed by atoms with Crippen LogP contribution in [0.4, 0.5) is 5.88 Å². The molecule has 0 saturated heterocycles. The summed E-state index contributed by atoms with van der Waals surface area (Å²) in [6, 6.07) is 12.4. The van der Waals surface area contributed by atoms with E-state index in [0.717, 1.165) is 5.56 Å². The maximum atomic E-state index is 6.25. The highest BCUT2D eigenvalue weighted by atomic mass is 35.5. The zero-order valence-electron chi connectivity index (χ0n) is 10.6. The lowest BCUT2D eigenvalue weighted by Crippen LogP contribution is -1.89. The molecular weight excluding hydrogens is 331 g/mol.